The number of aromatic nitrogens is 2. The first-order chi connectivity index (χ1) is 7.72. The molecule has 2 rings (SSSR count). The fourth-order valence-electron chi connectivity index (χ4n) is 1.68. The monoisotopic (exact) mass is 215 g/mol. The van der Waals surface area contributed by atoms with E-state index in [1.165, 1.54) is 11.1 Å². The molecule has 1 heterocycles. The fraction of sp³-hybridized carbons (Fsp3) is 0.308. The number of aryl methyl sites for hydroxylation is 2. The quantitative estimate of drug-likeness (QED) is 0.853. The highest BCUT2D eigenvalue weighted by molar-refractivity contribution is 5.45. The molecule has 0 radical (unpaired) electrons. The van der Waals surface area contributed by atoms with Crippen LogP contribution in [0.2, 0.25) is 0 Å². The topological polar surface area (TPSA) is 29.9 Å². The number of nitrogens with zero attached hydrogens (tertiary/aromatic N) is 2. The highest BCUT2D eigenvalue weighted by atomic mass is 15.2. The molecule has 2 aromatic rings. The average Bonchev–Trinajstić information content (AvgIpc) is 2.71. The van der Waals surface area contributed by atoms with Crippen LogP contribution in [0, 0.1) is 13.8 Å². The van der Waals surface area contributed by atoms with Gasteiger partial charge in [-0.2, -0.15) is 0 Å². The molecule has 0 aliphatic heterocycles. The van der Waals surface area contributed by atoms with Gasteiger partial charge in [-0.15, -0.1) is 0 Å². The molecule has 1 N–H and O–H groups in total. The molecule has 1 aromatic heterocycles. The molecule has 0 unspecified atom stereocenters. The Morgan fingerprint density at radius 3 is 2.75 bits per heavy atom. The lowest BCUT2D eigenvalue weighted by atomic mass is 10.1. The molecule has 0 amide bonds. The molecule has 0 aliphatic rings. The van der Waals surface area contributed by atoms with E-state index < -0.39 is 0 Å². The molecule has 1 aromatic carbocycles. The molecule has 0 bridgehead atoms. The van der Waals surface area contributed by atoms with Crippen molar-refractivity contribution < 1.29 is 0 Å². The van der Waals surface area contributed by atoms with Crippen molar-refractivity contribution in [2.24, 2.45) is 0 Å². The SMILES string of the molecule is CCNc1nccn1-c1ccc(C)c(C)c1. The van der Waals surface area contributed by atoms with E-state index in [0.717, 1.165) is 18.2 Å². The zero-order chi connectivity index (χ0) is 11.5. The molecule has 16 heavy (non-hydrogen) atoms. The van der Waals surface area contributed by atoms with Crippen molar-refractivity contribution in [3.05, 3.63) is 41.7 Å². The molecule has 0 spiro atoms. The van der Waals surface area contributed by atoms with Crippen LogP contribution in [-0.4, -0.2) is 16.1 Å². The Hall–Kier alpha value is -1.77. The third kappa shape index (κ3) is 1.94. The number of hydrogen-bond acceptors (Lipinski definition) is 2. The Kier molecular flexibility index (Phi) is 2.95. The molecule has 0 saturated carbocycles. The normalized spacial score (nSPS) is 10.4. The van der Waals surface area contributed by atoms with E-state index in [2.05, 4.69) is 53.8 Å². The standard InChI is InChI=1S/C13H17N3/c1-4-14-13-15-7-8-16(13)12-6-5-10(2)11(3)9-12/h5-9H,4H2,1-3H3,(H,14,15). The maximum atomic E-state index is 4.29. The van der Waals surface area contributed by atoms with Gasteiger partial charge in [0.2, 0.25) is 5.95 Å². The van der Waals surface area contributed by atoms with Crippen molar-refractivity contribution in [2.45, 2.75) is 20.8 Å². The molecular weight excluding hydrogens is 198 g/mol. The van der Waals surface area contributed by atoms with Gasteiger partial charge in [0.05, 0.1) is 0 Å². The first kappa shape index (κ1) is 10.7. The van der Waals surface area contributed by atoms with Gasteiger partial charge >= 0.3 is 0 Å². The smallest absolute Gasteiger partial charge is 0.207 e. The average molecular weight is 215 g/mol. The van der Waals surface area contributed by atoms with E-state index in [1.807, 2.05) is 12.4 Å². The Balaban J connectivity index is 2.42. The summed E-state index contributed by atoms with van der Waals surface area (Å²) >= 11 is 0. The van der Waals surface area contributed by atoms with Crippen molar-refractivity contribution in [3.8, 4) is 5.69 Å². The molecule has 0 atom stereocenters. The van der Waals surface area contributed by atoms with Crippen LogP contribution < -0.4 is 5.32 Å². The second-order valence-electron chi connectivity index (χ2n) is 3.92. The summed E-state index contributed by atoms with van der Waals surface area (Å²) < 4.78 is 2.07. The number of anilines is 1. The summed E-state index contributed by atoms with van der Waals surface area (Å²) in [4.78, 5) is 4.29. The zero-order valence-corrected chi connectivity index (χ0v) is 9.99. The number of hydrogen-bond donors (Lipinski definition) is 1. The Morgan fingerprint density at radius 1 is 1.25 bits per heavy atom. The lowest BCUT2D eigenvalue weighted by Crippen LogP contribution is -2.05. The van der Waals surface area contributed by atoms with Gasteiger partial charge in [-0.1, -0.05) is 6.07 Å². The van der Waals surface area contributed by atoms with Crippen LogP contribution in [0.3, 0.4) is 0 Å². The molecule has 0 fully saturated rings. The van der Waals surface area contributed by atoms with Crippen LogP contribution in [0.25, 0.3) is 5.69 Å². The fourth-order valence-corrected chi connectivity index (χ4v) is 1.68. The van der Waals surface area contributed by atoms with Crippen molar-refractivity contribution >= 4 is 5.95 Å². The number of benzene rings is 1. The molecule has 3 heteroatoms. The molecule has 84 valence electrons. The Bertz CT molecular complexity index is 486. The van der Waals surface area contributed by atoms with Crippen molar-refractivity contribution in [1.29, 1.82) is 0 Å². The summed E-state index contributed by atoms with van der Waals surface area (Å²) in [5, 5.41) is 3.24. The van der Waals surface area contributed by atoms with Gasteiger partial charge in [-0.3, -0.25) is 4.57 Å². The van der Waals surface area contributed by atoms with E-state index >= 15 is 0 Å². The van der Waals surface area contributed by atoms with Gasteiger partial charge in [0.1, 0.15) is 0 Å². The van der Waals surface area contributed by atoms with Crippen LogP contribution in [-0.2, 0) is 0 Å². The van der Waals surface area contributed by atoms with Crippen LogP contribution in [0.1, 0.15) is 18.1 Å². The maximum absolute atomic E-state index is 4.29. The molecule has 0 aliphatic carbocycles. The van der Waals surface area contributed by atoms with E-state index in [4.69, 9.17) is 0 Å². The van der Waals surface area contributed by atoms with Crippen LogP contribution in [0.5, 0.6) is 0 Å². The predicted molar refractivity (Wildman–Crippen MR) is 67.2 cm³/mol. The van der Waals surface area contributed by atoms with Crippen molar-refractivity contribution in [2.75, 3.05) is 11.9 Å². The lowest BCUT2D eigenvalue weighted by molar-refractivity contribution is 1.02. The van der Waals surface area contributed by atoms with E-state index in [0.29, 0.717) is 0 Å². The summed E-state index contributed by atoms with van der Waals surface area (Å²) in [5.74, 6) is 0.894. The molecular formula is C13H17N3. The largest absolute Gasteiger partial charge is 0.356 e. The minimum Gasteiger partial charge on any atom is -0.356 e. The van der Waals surface area contributed by atoms with E-state index in [9.17, 15) is 0 Å². The summed E-state index contributed by atoms with van der Waals surface area (Å²) in [6.45, 7) is 7.20. The zero-order valence-electron chi connectivity index (χ0n) is 9.99. The summed E-state index contributed by atoms with van der Waals surface area (Å²) in [6.07, 6.45) is 3.79. The van der Waals surface area contributed by atoms with Gasteiger partial charge in [0, 0.05) is 24.6 Å². The second kappa shape index (κ2) is 4.39. The van der Waals surface area contributed by atoms with Crippen LogP contribution in [0.15, 0.2) is 30.6 Å². The summed E-state index contributed by atoms with van der Waals surface area (Å²) in [7, 11) is 0. The van der Waals surface area contributed by atoms with Crippen LogP contribution >= 0.6 is 0 Å². The number of rotatable bonds is 3. The molecule has 0 saturated heterocycles. The van der Waals surface area contributed by atoms with Gasteiger partial charge in [0.25, 0.3) is 0 Å². The minimum atomic E-state index is 0.877. The first-order valence-electron chi connectivity index (χ1n) is 5.57. The summed E-state index contributed by atoms with van der Waals surface area (Å²) in [6, 6.07) is 6.43. The van der Waals surface area contributed by atoms with Crippen molar-refractivity contribution in [1.82, 2.24) is 9.55 Å². The van der Waals surface area contributed by atoms with Gasteiger partial charge in [0.15, 0.2) is 0 Å². The third-order valence-electron chi connectivity index (χ3n) is 2.74. The number of nitrogens with one attached hydrogen (secondary N) is 1. The first-order valence-corrected chi connectivity index (χ1v) is 5.57. The highest BCUT2D eigenvalue weighted by Crippen LogP contribution is 2.17. The van der Waals surface area contributed by atoms with Crippen LogP contribution in [0.4, 0.5) is 5.95 Å². The molecule has 3 nitrogen and oxygen atoms in total. The number of imidazole rings is 1. The predicted octanol–water partition coefficient (Wildman–Crippen LogP) is 2.92. The maximum Gasteiger partial charge on any atom is 0.207 e. The Morgan fingerprint density at radius 2 is 2.06 bits per heavy atom. The van der Waals surface area contributed by atoms with E-state index in [1.54, 1.807) is 0 Å². The highest BCUT2D eigenvalue weighted by Gasteiger charge is 2.04. The van der Waals surface area contributed by atoms with E-state index in [-0.39, 0.29) is 0 Å². The van der Waals surface area contributed by atoms with Crippen molar-refractivity contribution in [3.63, 3.8) is 0 Å². The Labute approximate surface area is 96.1 Å². The lowest BCUT2D eigenvalue weighted by Gasteiger charge is -2.10. The minimum absolute atomic E-state index is 0.877. The second-order valence-corrected chi connectivity index (χ2v) is 3.92. The van der Waals surface area contributed by atoms with Gasteiger partial charge < -0.3 is 5.32 Å². The third-order valence-corrected chi connectivity index (χ3v) is 2.74. The van der Waals surface area contributed by atoms with Gasteiger partial charge in [-0.25, -0.2) is 4.98 Å². The van der Waals surface area contributed by atoms with Gasteiger partial charge in [-0.05, 0) is 44.0 Å². The summed E-state index contributed by atoms with van der Waals surface area (Å²) in [5.41, 5.74) is 3.76.